The quantitative estimate of drug-likeness (QED) is 0.226. The summed E-state index contributed by atoms with van der Waals surface area (Å²) in [6.07, 6.45) is 10.8. The van der Waals surface area contributed by atoms with Crippen LogP contribution in [0.5, 0.6) is 11.5 Å². The van der Waals surface area contributed by atoms with Crippen LogP contribution in [0, 0.1) is 29.4 Å². The Balaban J connectivity index is 1.24. The van der Waals surface area contributed by atoms with Gasteiger partial charge in [-0.15, -0.1) is 0 Å². The standard InChI is InChI=1S/C35H30F2N4O/c1-19-20-6-11-23(12-7-20)33(19)40-32-17-29(39-35(41-32)27-18-38-34-26(27)15-25(36)16-28(34)37)24-13-10-22-9-8-21-4-2-3-5-30(21)42-31(22)14-24/h2-5,8-10,13-20,23,33,38H,6-7,11-12H2,1H3,(H,39,40,41)/t19-,20?,23?,33+/m0/s1. The van der Waals surface area contributed by atoms with Crippen molar-refractivity contribution < 1.29 is 13.5 Å². The van der Waals surface area contributed by atoms with E-state index in [9.17, 15) is 8.78 Å². The van der Waals surface area contributed by atoms with Crippen LogP contribution in [0.1, 0.15) is 43.7 Å². The highest BCUT2D eigenvalue weighted by atomic mass is 19.1. The van der Waals surface area contributed by atoms with E-state index in [1.165, 1.54) is 31.7 Å². The first kappa shape index (κ1) is 25.2. The summed E-state index contributed by atoms with van der Waals surface area (Å²) < 4.78 is 35.2. The number of benzene rings is 3. The predicted octanol–water partition coefficient (Wildman–Crippen LogP) is 9.08. The van der Waals surface area contributed by atoms with Gasteiger partial charge in [-0.2, -0.15) is 0 Å². The Morgan fingerprint density at radius 1 is 0.857 bits per heavy atom. The van der Waals surface area contributed by atoms with Crippen LogP contribution in [0.15, 0.2) is 66.9 Å². The fourth-order valence-corrected chi connectivity index (χ4v) is 7.23. The molecule has 2 atom stereocenters. The number of aromatic nitrogens is 3. The highest BCUT2D eigenvalue weighted by Gasteiger charge is 2.41. The zero-order valence-electron chi connectivity index (χ0n) is 23.2. The maximum atomic E-state index is 14.6. The van der Waals surface area contributed by atoms with E-state index in [4.69, 9.17) is 14.7 Å². The van der Waals surface area contributed by atoms with Gasteiger partial charge in [-0.3, -0.25) is 0 Å². The molecule has 7 heteroatoms. The molecular weight excluding hydrogens is 530 g/mol. The first-order chi connectivity index (χ1) is 20.5. The number of halogens is 2. The van der Waals surface area contributed by atoms with Crippen LogP contribution in [0.4, 0.5) is 14.6 Å². The van der Waals surface area contributed by atoms with Gasteiger partial charge in [-0.25, -0.2) is 18.7 Å². The lowest BCUT2D eigenvalue weighted by Gasteiger charge is -2.47. The minimum atomic E-state index is -0.644. The molecule has 3 aromatic carbocycles. The van der Waals surface area contributed by atoms with Gasteiger partial charge >= 0.3 is 0 Å². The minimum absolute atomic E-state index is 0.233. The number of hydrogen-bond acceptors (Lipinski definition) is 4. The molecule has 2 bridgehead atoms. The van der Waals surface area contributed by atoms with Crippen molar-refractivity contribution in [3.8, 4) is 34.1 Å². The van der Waals surface area contributed by atoms with E-state index in [1.807, 2.05) is 48.5 Å². The molecule has 5 aromatic rings. The van der Waals surface area contributed by atoms with Crippen LogP contribution in [0.25, 0.3) is 45.7 Å². The van der Waals surface area contributed by atoms with Crippen LogP contribution in [-0.4, -0.2) is 21.0 Å². The summed E-state index contributed by atoms with van der Waals surface area (Å²) in [6, 6.07) is 18.5. The number of fused-ring (bicyclic) bond motifs is 6. The van der Waals surface area contributed by atoms with Crippen LogP contribution in [0.2, 0.25) is 0 Å². The zero-order valence-corrected chi connectivity index (χ0v) is 23.2. The average molecular weight is 561 g/mol. The van der Waals surface area contributed by atoms with Gasteiger partial charge in [0, 0.05) is 52.0 Å². The lowest BCUT2D eigenvalue weighted by atomic mass is 9.62. The van der Waals surface area contributed by atoms with Crippen molar-refractivity contribution in [1.82, 2.24) is 15.0 Å². The molecular formula is C35H30F2N4O. The van der Waals surface area contributed by atoms with E-state index in [0.29, 0.717) is 46.2 Å². The molecule has 210 valence electrons. The third-order valence-electron chi connectivity index (χ3n) is 9.51. The Labute approximate surface area is 242 Å². The van der Waals surface area contributed by atoms with Crippen molar-refractivity contribution in [2.45, 2.75) is 38.6 Å². The number of para-hydroxylation sites is 1. The number of aromatic amines is 1. The normalized spacial score (nSPS) is 22.4. The van der Waals surface area contributed by atoms with Gasteiger partial charge < -0.3 is 15.0 Å². The number of ether oxygens (including phenoxy) is 1. The first-order valence-corrected chi connectivity index (χ1v) is 14.7. The highest BCUT2D eigenvalue weighted by Crippen LogP contribution is 2.46. The molecule has 0 amide bonds. The molecule has 0 saturated heterocycles. The van der Waals surface area contributed by atoms with Crippen molar-refractivity contribution in [2.24, 2.45) is 17.8 Å². The summed E-state index contributed by atoms with van der Waals surface area (Å²) in [5.41, 5.74) is 4.34. The summed E-state index contributed by atoms with van der Waals surface area (Å²) in [5, 5.41) is 4.19. The smallest absolute Gasteiger partial charge is 0.164 e. The molecule has 5 nitrogen and oxygen atoms in total. The Hall–Kier alpha value is -4.52. The first-order valence-electron chi connectivity index (χ1n) is 14.7. The summed E-state index contributed by atoms with van der Waals surface area (Å²) in [7, 11) is 0. The third-order valence-corrected chi connectivity index (χ3v) is 9.51. The monoisotopic (exact) mass is 560 g/mol. The predicted molar refractivity (Wildman–Crippen MR) is 162 cm³/mol. The van der Waals surface area contributed by atoms with E-state index >= 15 is 0 Å². The topological polar surface area (TPSA) is 62.8 Å². The molecule has 9 rings (SSSR count). The second kappa shape index (κ2) is 9.79. The van der Waals surface area contributed by atoms with Crippen molar-refractivity contribution >= 4 is 28.9 Å². The molecule has 0 radical (unpaired) electrons. The van der Waals surface area contributed by atoms with Crippen molar-refractivity contribution in [1.29, 1.82) is 0 Å². The Bertz CT molecular complexity index is 1870. The van der Waals surface area contributed by atoms with Crippen LogP contribution in [0.3, 0.4) is 0 Å². The van der Waals surface area contributed by atoms with Gasteiger partial charge in [-0.1, -0.05) is 49.4 Å². The molecule has 2 aromatic heterocycles. The number of nitrogens with one attached hydrogen (secondary N) is 2. The molecule has 3 fully saturated rings. The second-order valence-corrected chi connectivity index (χ2v) is 11.9. The fraction of sp³-hybridized carbons (Fsp3) is 0.257. The van der Waals surface area contributed by atoms with E-state index in [0.717, 1.165) is 40.2 Å². The van der Waals surface area contributed by atoms with Crippen molar-refractivity contribution in [2.75, 3.05) is 5.32 Å². The summed E-state index contributed by atoms with van der Waals surface area (Å²) in [5.74, 6) is 3.24. The number of H-pyrrole nitrogens is 1. The summed E-state index contributed by atoms with van der Waals surface area (Å²) in [6.45, 7) is 2.34. The number of anilines is 1. The van der Waals surface area contributed by atoms with Crippen LogP contribution >= 0.6 is 0 Å². The van der Waals surface area contributed by atoms with Gasteiger partial charge in [-0.05, 0) is 61.6 Å². The van der Waals surface area contributed by atoms with Crippen molar-refractivity contribution in [3.05, 3.63) is 89.6 Å². The highest BCUT2D eigenvalue weighted by molar-refractivity contribution is 5.94. The molecule has 2 N–H and O–H groups in total. The van der Waals surface area contributed by atoms with Crippen LogP contribution < -0.4 is 10.1 Å². The Morgan fingerprint density at radius 2 is 1.64 bits per heavy atom. The van der Waals surface area contributed by atoms with Gasteiger partial charge in [0.15, 0.2) is 5.82 Å². The molecule has 3 aliphatic carbocycles. The SMILES string of the molecule is C[C@H]1C2CCC(CC2)[C@@H]1Nc1cc(-c2ccc3c(c2)Oc2ccccc2C=C3)nc(-c2c[nH]c3c(F)cc(F)cc23)n1. The Kier molecular flexibility index (Phi) is 5.88. The number of rotatable bonds is 4. The van der Waals surface area contributed by atoms with Gasteiger partial charge in [0.1, 0.15) is 29.0 Å². The maximum Gasteiger partial charge on any atom is 0.164 e. The van der Waals surface area contributed by atoms with Crippen molar-refractivity contribution in [3.63, 3.8) is 0 Å². The zero-order chi connectivity index (χ0) is 28.4. The minimum Gasteiger partial charge on any atom is -0.456 e. The van der Waals surface area contributed by atoms with Gasteiger partial charge in [0.25, 0.3) is 0 Å². The molecule has 3 saturated carbocycles. The number of hydrogen-bond donors (Lipinski definition) is 2. The van der Waals surface area contributed by atoms with Gasteiger partial charge in [0.2, 0.25) is 0 Å². The molecule has 4 aliphatic rings. The Morgan fingerprint density at radius 3 is 2.48 bits per heavy atom. The lowest BCUT2D eigenvalue weighted by Crippen LogP contribution is -2.47. The molecule has 1 aliphatic heterocycles. The summed E-state index contributed by atoms with van der Waals surface area (Å²) in [4.78, 5) is 12.8. The third kappa shape index (κ3) is 4.26. The van der Waals surface area contributed by atoms with E-state index in [2.05, 4.69) is 29.4 Å². The van der Waals surface area contributed by atoms with Crippen LogP contribution in [-0.2, 0) is 0 Å². The second-order valence-electron chi connectivity index (χ2n) is 11.9. The summed E-state index contributed by atoms with van der Waals surface area (Å²) >= 11 is 0. The van der Waals surface area contributed by atoms with E-state index < -0.39 is 11.6 Å². The lowest BCUT2D eigenvalue weighted by molar-refractivity contribution is 0.0928. The average Bonchev–Trinajstić information content (AvgIpc) is 3.34. The number of nitrogens with zero attached hydrogens (tertiary/aromatic N) is 2. The maximum absolute atomic E-state index is 14.6. The fourth-order valence-electron chi connectivity index (χ4n) is 7.23. The molecule has 0 spiro atoms. The molecule has 0 unspecified atom stereocenters. The van der Waals surface area contributed by atoms with E-state index in [1.54, 1.807) is 6.20 Å². The van der Waals surface area contributed by atoms with Gasteiger partial charge in [0.05, 0.1) is 11.2 Å². The van der Waals surface area contributed by atoms with E-state index in [-0.39, 0.29) is 5.52 Å². The molecule has 3 heterocycles. The molecule has 42 heavy (non-hydrogen) atoms. The largest absolute Gasteiger partial charge is 0.456 e.